The van der Waals surface area contributed by atoms with Gasteiger partial charge in [-0.3, -0.25) is 14.9 Å². The molecule has 9 heteroatoms. The second-order valence-electron chi connectivity index (χ2n) is 6.04. The van der Waals surface area contributed by atoms with Gasteiger partial charge in [0.05, 0.1) is 18.7 Å². The van der Waals surface area contributed by atoms with Crippen molar-refractivity contribution < 1.29 is 23.5 Å². The number of thiazole rings is 1. The minimum atomic E-state index is -0.434. The Balaban J connectivity index is 1.55. The first-order valence-electron chi connectivity index (χ1n) is 8.83. The lowest BCUT2D eigenvalue weighted by molar-refractivity contribution is -0.142. The molecule has 0 atom stereocenters. The molecule has 0 unspecified atom stereocenters. The molecule has 1 aromatic carbocycles. The summed E-state index contributed by atoms with van der Waals surface area (Å²) in [6.45, 7) is 4.13. The van der Waals surface area contributed by atoms with Gasteiger partial charge in [0.25, 0.3) is 5.91 Å². The number of nitrogens with zero attached hydrogens (tertiary/aromatic N) is 1. The molecule has 0 saturated carbocycles. The Bertz CT molecular complexity index is 1010. The van der Waals surface area contributed by atoms with Crippen molar-refractivity contribution >= 4 is 39.9 Å². The van der Waals surface area contributed by atoms with E-state index < -0.39 is 5.91 Å². The molecule has 7 nitrogen and oxygen atoms in total. The Morgan fingerprint density at radius 2 is 2.10 bits per heavy atom. The zero-order valence-corrected chi connectivity index (χ0v) is 17.4. The standard InChI is InChI=1S/C20H19ClN2O5S/c1-3-26-18(24)9-14-11-29-20(22-14)23-19(25)17-7-5-15(28-17)10-27-16-6-4-13(21)8-12(16)2/h4-8,11H,3,9-10H2,1-2H3,(H,22,23,25). The molecule has 3 aromatic rings. The third-order valence-electron chi connectivity index (χ3n) is 3.80. The summed E-state index contributed by atoms with van der Waals surface area (Å²) < 4.78 is 16.1. The first kappa shape index (κ1) is 20.9. The van der Waals surface area contributed by atoms with Crippen LogP contribution < -0.4 is 10.1 Å². The zero-order valence-electron chi connectivity index (χ0n) is 15.9. The molecule has 0 saturated heterocycles. The minimum absolute atomic E-state index is 0.0621. The monoisotopic (exact) mass is 434 g/mol. The second-order valence-corrected chi connectivity index (χ2v) is 7.34. The minimum Gasteiger partial charge on any atom is -0.485 e. The van der Waals surface area contributed by atoms with Gasteiger partial charge in [-0.15, -0.1) is 11.3 Å². The number of halogens is 1. The number of hydrogen-bond acceptors (Lipinski definition) is 7. The fourth-order valence-corrected chi connectivity index (χ4v) is 3.40. The van der Waals surface area contributed by atoms with E-state index in [4.69, 9.17) is 25.5 Å². The van der Waals surface area contributed by atoms with E-state index in [1.165, 1.54) is 11.3 Å². The number of hydrogen-bond donors (Lipinski definition) is 1. The average molecular weight is 435 g/mol. The third kappa shape index (κ3) is 5.82. The summed E-state index contributed by atoms with van der Waals surface area (Å²) in [6.07, 6.45) is 0.0621. The number of esters is 1. The van der Waals surface area contributed by atoms with Crippen LogP contribution in [0.25, 0.3) is 0 Å². The van der Waals surface area contributed by atoms with E-state index in [0.717, 1.165) is 5.56 Å². The molecule has 29 heavy (non-hydrogen) atoms. The van der Waals surface area contributed by atoms with E-state index in [1.807, 2.05) is 13.0 Å². The highest BCUT2D eigenvalue weighted by Gasteiger charge is 2.15. The van der Waals surface area contributed by atoms with Crippen molar-refractivity contribution in [3.63, 3.8) is 0 Å². The summed E-state index contributed by atoms with van der Waals surface area (Å²) >= 11 is 7.16. The normalized spacial score (nSPS) is 10.6. The van der Waals surface area contributed by atoms with Gasteiger partial charge in [-0.25, -0.2) is 4.98 Å². The Hall–Kier alpha value is -2.84. The number of anilines is 1. The van der Waals surface area contributed by atoms with Crippen molar-refractivity contribution in [3.8, 4) is 5.75 Å². The van der Waals surface area contributed by atoms with E-state index in [2.05, 4.69) is 10.3 Å². The van der Waals surface area contributed by atoms with Crippen LogP contribution in [0.2, 0.25) is 5.02 Å². The van der Waals surface area contributed by atoms with Crippen LogP contribution in [0.15, 0.2) is 40.1 Å². The number of carbonyl (C=O) groups excluding carboxylic acids is 2. The topological polar surface area (TPSA) is 90.7 Å². The van der Waals surface area contributed by atoms with E-state index in [1.54, 1.807) is 36.6 Å². The molecule has 0 aliphatic heterocycles. The van der Waals surface area contributed by atoms with Crippen LogP contribution in [0.5, 0.6) is 5.75 Å². The van der Waals surface area contributed by atoms with Crippen LogP contribution in [-0.4, -0.2) is 23.5 Å². The first-order valence-corrected chi connectivity index (χ1v) is 10.1. The molecule has 0 aliphatic rings. The number of benzene rings is 1. The van der Waals surface area contributed by atoms with Crippen molar-refractivity contribution in [2.24, 2.45) is 0 Å². The predicted molar refractivity (Wildman–Crippen MR) is 110 cm³/mol. The molecule has 0 radical (unpaired) electrons. The molecule has 1 amide bonds. The number of nitrogens with one attached hydrogen (secondary N) is 1. The molecule has 3 rings (SSSR count). The van der Waals surface area contributed by atoms with Crippen molar-refractivity contribution in [1.82, 2.24) is 4.98 Å². The summed E-state index contributed by atoms with van der Waals surface area (Å²) in [5.74, 6) is 0.539. The average Bonchev–Trinajstić information content (AvgIpc) is 3.31. The van der Waals surface area contributed by atoms with Crippen molar-refractivity contribution in [2.45, 2.75) is 26.9 Å². The van der Waals surface area contributed by atoms with Crippen molar-refractivity contribution in [1.29, 1.82) is 0 Å². The number of ether oxygens (including phenoxy) is 2. The molecule has 1 N–H and O–H groups in total. The first-order chi connectivity index (χ1) is 13.9. The highest BCUT2D eigenvalue weighted by Crippen LogP contribution is 2.23. The van der Waals surface area contributed by atoms with Crippen LogP contribution in [0.4, 0.5) is 5.13 Å². The summed E-state index contributed by atoms with van der Waals surface area (Å²) in [6, 6.07) is 8.58. The maximum atomic E-state index is 12.3. The number of aromatic nitrogens is 1. The van der Waals surface area contributed by atoms with Crippen LogP contribution >= 0.6 is 22.9 Å². The number of furan rings is 1. The summed E-state index contributed by atoms with van der Waals surface area (Å²) in [4.78, 5) is 28.0. The van der Waals surface area contributed by atoms with Gasteiger partial charge in [0.1, 0.15) is 18.1 Å². The quantitative estimate of drug-likeness (QED) is 0.519. The Morgan fingerprint density at radius 1 is 1.28 bits per heavy atom. The fourth-order valence-electron chi connectivity index (χ4n) is 2.47. The van der Waals surface area contributed by atoms with Gasteiger partial charge in [0.15, 0.2) is 10.9 Å². The zero-order chi connectivity index (χ0) is 20.8. The molecule has 0 aliphatic carbocycles. The molecule has 2 aromatic heterocycles. The van der Waals surface area contributed by atoms with Gasteiger partial charge in [0.2, 0.25) is 0 Å². The van der Waals surface area contributed by atoms with E-state index >= 15 is 0 Å². The lowest BCUT2D eigenvalue weighted by atomic mass is 10.2. The van der Waals surface area contributed by atoms with Gasteiger partial charge in [-0.05, 0) is 49.7 Å². The molecule has 2 heterocycles. The number of rotatable bonds is 8. The smallest absolute Gasteiger partial charge is 0.311 e. The van der Waals surface area contributed by atoms with Crippen molar-refractivity contribution in [3.05, 3.63) is 63.5 Å². The Morgan fingerprint density at radius 3 is 2.86 bits per heavy atom. The van der Waals surface area contributed by atoms with Crippen LogP contribution in [0.1, 0.15) is 34.5 Å². The van der Waals surface area contributed by atoms with Gasteiger partial charge in [-0.2, -0.15) is 0 Å². The van der Waals surface area contributed by atoms with Gasteiger partial charge in [-0.1, -0.05) is 11.6 Å². The maximum absolute atomic E-state index is 12.3. The van der Waals surface area contributed by atoms with E-state index in [0.29, 0.717) is 34.0 Å². The lowest BCUT2D eigenvalue weighted by Crippen LogP contribution is -2.11. The molecular weight excluding hydrogens is 416 g/mol. The molecule has 0 fully saturated rings. The Kier molecular flexibility index (Phi) is 6.90. The molecule has 152 valence electrons. The second kappa shape index (κ2) is 9.58. The Labute approximate surface area is 176 Å². The van der Waals surface area contributed by atoms with E-state index in [9.17, 15) is 9.59 Å². The van der Waals surface area contributed by atoms with Crippen molar-refractivity contribution in [2.75, 3.05) is 11.9 Å². The van der Waals surface area contributed by atoms with Gasteiger partial charge in [0, 0.05) is 10.4 Å². The number of carbonyl (C=O) groups is 2. The van der Waals surface area contributed by atoms with Gasteiger partial charge < -0.3 is 13.9 Å². The van der Waals surface area contributed by atoms with Crippen LogP contribution in [0.3, 0.4) is 0 Å². The summed E-state index contributed by atoms with van der Waals surface area (Å²) in [5.41, 5.74) is 1.44. The summed E-state index contributed by atoms with van der Waals surface area (Å²) in [5, 5.41) is 5.36. The maximum Gasteiger partial charge on any atom is 0.311 e. The highest BCUT2D eigenvalue weighted by molar-refractivity contribution is 7.14. The lowest BCUT2D eigenvalue weighted by Gasteiger charge is -2.07. The van der Waals surface area contributed by atoms with Crippen LogP contribution in [0, 0.1) is 6.92 Å². The highest BCUT2D eigenvalue weighted by atomic mass is 35.5. The number of aryl methyl sites for hydroxylation is 1. The van der Waals surface area contributed by atoms with Crippen LogP contribution in [-0.2, 0) is 22.6 Å². The predicted octanol–water partition coefficient (Wildman–Crippen LogP) is 4.63. The van der Waals surface area contributed by atoms with E-state index in [-0.39, 0.29) is 24.8 Å². The fraction of sp³-hybridized carbons (Fsp3) is 0.250. The van der Waals surface area contributed by atoms with Gasteiger partial charge >= 0.3 is 5.97 Å². The summed E-state index contributed by atoms with van der Waals surface area (Å²) in [7, 11) is 0. The molecular formula is C20H19ClN2O5S. The molecule has 0 bridgehead atoms. The number of amides is 1. The third-order valence-corrected chi connectivity index (χ3v) is 4.84. The SMILES string of the molecule is CCOC(=O)Cc1csc(NC(=O)c2ccc(COc3ccc(Cl)cc3C)o2)n1. The largest absolute Gasteiger partial charge is 0.485 e. The molecule has 0 spiro atoms.